The molecule has 3 atom stereocenters. The summed E-state index contributed by atoms with van der Waals surface area (Å²) >= 11 is 0. The van der Waals surface area contributed by atoms with E-state index in [-0.39, 0.29) is 19.1 Å². The molecule has 0 radical (unpaired) electrons. The molecule has 0 aromatic rings. The zero-order chi connectivity index (χ0) is 45.0. The van der Waals surface area contributed by atoms with Gasteiger partial charge in [-0.25, -0.2) is 4.57 Å². The van der Waals surface area contributed by atoms with Gasteiger partial charge in [0.05, 0.1) is 39.9 Å². The number of nitrogens with zero attached hydrogens (tertiary/aromatic N) is 1. The lowest BCUT2D eigenvalue weighted by molar-refractivity contribution is -0.870. The number of hydrogen-bond donors (Lipinski definition) is 3. The Morgan fingerprint density at radius 1 is 0.557 bits per heavy atom. The third-order valence-corrected chi connectivity index (χ3v) is 11.9. The Morgan fingerprint density at radius 3 is 1.41 bits per heavy atom. The van der Waals surface area contributed by atoms with E-state index >= 15 is 0 Å². The first-order valence-corrected chi connectivity index (χ1v) is 26.7. The summed E-state index contributed by atoms with van der Waals surface area (Å²) in [5, 5.41) is 13.8. The van der Waals surface area contributed by atoms with Crippen LogP contribution < -0.4 is 5.32 Å². The van der Waals surface area contributed by atoms with Gasteiger partial charge in [0.15, 0.2) is 0 Å². The molecule has 0 saturated carbocycles. The van der Waals surface area contributed by atoms with E-state index in [9.17, 15) is 19.4 Å². The molecule has 61 heavy (non-hydrogen) atoms. The van der Waals surface area contributed by atoms with Crippen LogP contribution in [0.1, 0.15) is 213 Å². The molecular weight excluding hydrogens is 780 g/mol. The minimum absolute atomic E-state index is 0.0513. The van der Waals surface area contributed by atoms with Gasteiger partial charge >= 0.3 is 7.82 Å². The summed E-state index contributed by atoms with van der Waals surface area (Å²) in [5.41, 5.74) is 0. The van der Waals surface area contributed by atoms with Gasteiger partial charge in [-0.05, 0) is 77.0 Å². The van der Waals surface area contributed by atoms with Crippen LogP contribution in [0.5, 0.6) is 0 Å². The standard InChI is InChI=1S/C52H97N2O6P/c1-6-8-10-12-14-16-18-20-22-24-25-26-27-28-29-30-32-34-36-38-40-42-44-46-52(56)53-50(49-60-61(57,58)59-48-47-54(3,4)5)51(55)45-43-41-39-37-35-33-31-23-21-19-17-15-13-11-9-7-2/h18,20-21,23-25,35,37,43,45,50-51,55H,6-17,19,22,26-34,36,38-42,44,46-49H2,1-5H3,(H-,53,56,57,58)/p+1/b20-18-,23-21+,25-24-,37-35+,45-43+. The van der Waals surface area contributed by atoms with E-state index in [0.717, 1.165) is 51.4 Å². The van der Waals surface area contributed by atoms with Crippen molar-refractivity contribution in [3.05, 3.63) is 60.8 Å². The summed E-state index contributed by atoms with van der Waals surface area (Å²) < 4.78 is 23.6. The van der Waals surface area contributed by atoms with E-state index in [4.69, 9.17) is 9.05 Å². The first kappa shape index (κ1) is 59.2. The Balaban J connectivity index is 4.36. The van der Waals surface area contributed by atoms with Crippen LogP contribution in [0.3, 0.4) is 0 Å². The highest BCUT2D eigenvalue weighted by Gasteiger charge is 2.27. The van der Waals surface area contributed by atoms with Crippen LogP contribution >= 0.6 is 7.82 Å². The predicted molar refractivity (Wildman–Crippen MR) is 263 cm³/mol. The predicted octanol–water partition coefficient (Wildman–Crippen LogP) is 14.6. The number of rotatable bonds is 45. The summed E-state index contributed by atoms with van der Waals surface area (Å²) in [5.74, 6) is -0.195. The maximum atomic E-state index is 12.9. The molecule has 3 N–H and O–H groups in total. The van der Waals surface area contributed by atoms with E-state index in [0.29, 0.717) is 17.4 Å². The average Bonchev–Trinajstić information content (AvgIpc) is 3.21. The number of hydrogen-bond acceptors (Lipinski definition) is 5. The molecule has 0 spiro atoms. The molecule has 0 aliphatic rings. The molecule has 0 aromatic heterocycles. The van der Waals surface area contributed by atoms with E-state index < -0.39 is 20.0 Å². The smallest absolute Gasteiger partial charge is 0.387 e. The van der Waals surface area contributed by atoms with Crippen molar-refractivity contribution in [1.29, 1.82) is 0 Å². The maximum absolute atomic E-state index is 12.9. The van der Waals surface area contributed by atoms with Crippen molar-refractivity contribution in [2.45, 2.75) is 225 Å². The summed E-state index contributed by atoms with van der Waals surface area (Å²) in [6, 6.07) is -0.872. The summed E-state index contributed by atoms with van der Waals surface area (Å²) in [6.07, 6.45) is 57.3. The van der Waals surface area contributed by atoms with Gasteiger partial charge in [-0.2, -0.15) is 0 Å². The van der Waals surface area contributed by atoms with Crippen molar-refractivity contribution in [1.82, 2.24) is 5.32 Å². The highest BCUT2D eigenvalue weighted by atomic mass is 31.2. The molecule has 0 fully saturated rings. The Hall–Kier alpha value is -1.80. The topological polar surface area (TPSA) is 105 Å². The number of phosphoric acid groups is 1. The number of amides is 1. The van der Waals surface area contributed by atoms with E-state index in [2.05, 4.69) is 67.8 Å². The second-order valence-corrected chi connectivity index (χ2v) is 19.6. The third-order valence-electron chi connectivity index (χ3n) is 10.9. The zero-order valence-electron chi connectivity index (χ0n) is 40.4. The molecule has 0 aromatic carbocycles. The number of phosphoric ester groups is 1. The summed E-state index contributed by atoms with van der Waals surface area (Å²) in [4.78, 5) is 23.2. The Morgan fingerprint density at radius 2 is 0.951 bits per heavy atom. The fraction of sp³-hybridized carbons (Fsp3) is 0.788. The number of likely N-dealkylation sites (N-methyl/N-ethyl adjacent to an activating group) is 1. The molecule has 0 aliphatic heterocycles. The number of aliphatic hydroxyl groups excluding tert-OH is 1. The first-order chi connectivity index (χ1) is 29.5. The average molecular weight is 878 g/mol. The number of quaternary nitrogens is 1. The Bertz CT molecular complexity index is 1180. The van der Waals surface area contributed by atoms with Crippen molar-refractivity contribution >= 4 is 13.7 Å². The lowest BCUT2D eigenvalue weighted by atomic mass is 10.0. The van der Waals surface area contributed by atoms with Crippen LogP contribution in [0.4, 0.5) is 0 Å². The van der Waals surface area contributed by atoms with Crippen molar-refractivity contribution in [3.63, 3.8) is 0 Å². The fourth-order valence-corrected chi connectivity index (χ4v) is 7.66. The van der Waals surface area contributed by atoms with E-state index in [1.54, 1.807) is 6.08 Å². The molecule has 0 rings (SSSR count). The normalized spacial score (nSPS) is 14.7. The van der Waals surface area contributed by atoms with Crippen molar-refractivity contribution in [2.24, 2.45) is 0 Å². The van der Waals surface area contributed by atoms with Crippen LogP contribution in [0.2, 0.25) is 0 Å². The molecule has 356 valence electrons. The van der Waals surface area contributed by atoms with Crippen molar-refractivity contribution in [3.8, 4) is 0 Å². The van der Waals surface area contributed by atoms with Gasteiger partial charge in [0.25, 0.3) is 0 Å². The second kappa shape index (κ2) is 43.5. The molecule has 1 amide bonds. The van der Waals surface area contributed by atoms with Crippen molar-refractivity contribution in [2.75, 3.05) is 40.9 Å². The van der Waals surface area contributed by atoms with Gasteiger partial charge in [-0.1, -0.05) is 190 Å². The number of carbonyl (C=O) groups excluding carboxylic acids is 1. The van der Waals surface area contributed by atoms with Gasteiger partial charge < -0.3 is 19.8 Å². The molecule has 0 heterocycles. The Labute approximate surface area is 377 Å². The van der Waals surface area contributed by atoms with E-state index in [1.807, 2.05) is 27.2 Å². The van der Waals surface area contributed by atoms with Gasteiger partial charge in [-0.3, -0.25) is 13.8 Å². The molecule has 9 heteroatoms. The summed E-state index contributed by atoms with van der Waals surface area (Å²) in [6.45, 7) is 4.76. The van der Waals surface area contributed by atoms with Gasteiger partial charge in [-0.15, -0.1) is 0 Å². The Kier molecular flexibility index (Phi) is 42.2. The van der Waals surface area contributed by atoms with Crippen LogP contribution in [0, 0.1) is 0 Å². The minimum Gasteiger partial charge on any atom is -0.387 e. The minimum atomic E-state index is -4.36. The van der Waals surface area contributed by atoms with Crippen LogP contribution in [-0.4, -0.2) is 73.4 Å². The van der Waals surface area contributed by atoms with Gasteiger partial charge in [0, 0.05) is 6.42 Å². The van der Waals surface area contributed by atoms with Gasteiger partial charge in [0.2, 0.25) is 5.91 Å². The number of unbranched alkanes of at least 4 members (excludes halogenated alkanes) is 24. The van der Waals surface area contributed by atoms with Gasteiger partial charge in [0.1, 0.15) is 13.2 Å². The quantitative estimate of drug-likeness (QED) is 0.0244. The molecular formula is C52H98N2O6P+. The largest absolute Gasteiger partial charge is 0.472 e. The molecule has 8 nitrogen and oxygen atoms in total. The number of aliphatic hydroxyl groups is 1. The summed E-state index contributed by atoms with van der Waals surface area (Å²) in [7, 11) is 1.54. The van der Waals surface area contributed by atoms with E-state index in [1.165, 1.54) is 141 Å². The van der Waals surface area contributed by atoms with Crippen molar-refractivity contribution < 1.29 is 32.9 Å². The molecule has 0 saturated heterocycles. The van der Waals surface area contributed by atoms with Crippen LogP contribution in [0.25, 0.3) is 0 Å². The highest BCUT2D eigenvalue weighted by Crippen LogP contribution is 2.43. The monoisotopic (exact) mass is 878 g/mol. The number of nitrogens with one attached hydrogen (secondary N) is 1. The fourth-order valence-electron chi connectivity index (χ4n) is 6.93. The third kappa shape index (κ3) is 46.0. The second-order valence-electron chi connectivity index (χ2n) is 18.2. The van der Waals surface area contributed by atoms with Crippen LogP contribution in [0.15, 0.2) is 60.8 Å². The lowest BCUT2D eigenvalue weighted by Gasteiger charge is -2.25. The SMILES string of the molecule is CCCCCCC/C=C\C/C=C\CCCCCCCCCCCCCC(=O)NC(COP(=O)(O)OCC[N+](C)(C)C)C(O)/C=C/CC/C=C/CC/C=C/CCCCCCCC. The number of carbonyl (C=O) groups is 1. The molecule has 0 aliphatic carbocycles. The highest BCUT2D eigenvalue weighted by molar-refractivity contribution is 7.47. The lowest BCUT2D eigenvalue weighted by Crippen LogP contribution is -2.45. The zero-order valence-corrected chi connectivity index (χ0v) is 41.3. The van der Waals surface area contributed by atoms with Crippen LogP contribution in [-0.2, 0) is 18.4 Å². The number of allylic oxidation sites excluding steroid dienone is 9. The maximum Gasteiger partial charge on any atom is 0.472 e. The molecule has 3 unspecified atom stereocenters. The first-order valence-electron chi connectivity index (χ1n) is 25.2. The molecule has 0 bridgehead atoms.